The Balaban J connectivity index is 1.99. The van der Waals surface area contributed by atoms with Gasteiger partial charge in [-0.3, -0.25) is 0 Å². The van der Waals surface area contributed by atoms with E-state index in [-0.39, 0.29) is 5.75 Å². The van der Waals surface area contributed by atoms with Crippen LogP contribution in [0.4, 0.5) is 5.69 Å². The average Bonchev–Trinajstić information content (AvgIpc) is 2.68. The number of fused-ring (bicyclic) bond motifs is 2. The summed E-state index contributed by atoms with van der Waals surface area (Å²) in [4.78, 5) is 1.09. The van der Waals surface area contributed by atoms with Gasteiger partial charge in [-0.05, 0) is 49.0 Å². The standard InChI is InChI=1S/C18H20N2O2S/c1-2-20-7-8-23-18-10-12-9-14(21)4-6-16(12)22-17-5-3-13(19)11-15(17)18/h3-6,9-11,20-21H,2,7-8,19H2,1H3. The van der Waals surface area contributed by atoms with Crippen molar-refractivity contribution in [2.45, 2.75) is 6.92 Å². The van der Waals surface area contributed by atoms with E-state index in [1.165, 1.54) is 0 Å². The van der Waals surface area contributed by atoms with Gasteiger partial charge in [0, 0.05) is 34.0 Å². The van der Waals surface area contributed by atoms with Crippen LogP contribution in [0.15, 0.2) is 36.4 Å². The largest absolute Gasteiger partial charge is 0.508 e. The molecule has 1 aliphatic heterocycles. The Hall–Kier alpha value is -2.11. The molecule has 0 atom stereocenters. The summed E-state index contributed by atoms with van der Waals surface area (Å²) < 4.78 is 6.02. The number of nitrogen functional groups attached to an aromatic ring is 1. The summed E-state index contributed by atoms with van der Waals surface area (Å²) in [5.41, 5.74) is 8.52. The lowest BCUT2D eigenvalue weighted by atomic mass is 10.1. The molecular formula is C18H20N2O2S. The zero-order valence-corrected chi connectivity index (χ0v) is 13.8. The first-order valence-corrected chi connectivity index (χ1v) is 8.62. The summed E-state index contributed by atoms with van der Waals surface area (Å²) in [6, 6.07) is 10.8. The molecule has 0 radical (unpaired) electrons. The first-order valence-electron chi connectivity index (χ1n) is 7.63. The summed E-state index contributed by atoms with van der Waals surface area (Å²) in [5, 5.41) is 13.1. The molecule has 0 fully saturated rings. The van der Waals surface area contributed by atoms with Gasteiger partial charge in [0.05, 0.1) is 0 Å². The van der Waals surface area contributed by atoms with Gasteiger partial charge in [-0.1, -0.05) is 6.92 Å². The van der Waals surface area contributed by atoms with Crippen LogP contribution in [-0.4, -0.2) is 23.9 Å². The monoisotopic (exact) mass is 328 g/mol. The minimum absolute atomic E-state index is 0.228. The van der Waals surface area contributed by atoms with Gasteiger partial charge in [-0.25, -0.2) is 0 Å². The third-order valence-electron chi connectivity index (χ3n) is 3.56. The van der Waals surface area contributed by atoms with Crippen LogP contribution in [-0.2, 0) is 0 Å². The van der Waals surface area contributed by atoms with Crippen LogP contribution >= 0.6 is 11.8 Å². The zero-order chi connectivity index (χ0) is 16.2. The minimum Gasteiger partial charge on any atom is -0.508 e. The molecule has 2 aromatic carbocycles. The molecule has 1 heterocycles. The Bertz CT molecular complexity index is 744. The molecule has 0 bridgehead atoms. The molecule has 0 aliphatic carbocycles. The molecule has 2 aromatic rings. The van der Waals surface area contributed by atoms with Crippen molar-refractivity contribution >= 4 is 28.4 Å². The van der Waals surface area contributed by atoms with E-state index in [4.69, 9.17) is 10.5 Å². The number of aromatic hydroxyl groups is 1. The highest BCUT2D eigenvalue weighted by Gasteiger charge is 2.17. The van der Waals surface area contributed by atoms with E-state index in [9.17, 15) is 5.11 Å². The fraction of sp³-hybridized carbons (Fsp3) is 0.222. The molecular weight excluding hydrogens is 308 g/mol. The second-order valence-electron chi connectivity index (χ2n) is 5.29. The predicted molar refractivity (Wildman–Crippen MR) is 97.9 cm³/mol. The van der Waals surface area contributed by atoms with Crippen LogP contribution in [0.2, 0.25) is 0 Å². The van der Waals surface area contributed by atoms with Crippen molar-refractivity contribution in [3.8, 4) is 17.2 Å². The number of hydrogen-bond acceptors (Lipinski definition) is 5. The number of nitrogens with two attached hydrogens (primary N) is 1. The first kappa shape index (κ1) is 15.8. The zero-order valence-electron chi connectivity index (χ0n) is 13.0. The van der Waals surface area contributed by atoms with Gasteiger partial charge in [-0.15, -0.1) is 11.8 Å². The fourth-order valence-electron chi connectivity index (χ4n) is 2.44. The summed E-state index contributed by atoms with van der Waals surface area (Å²) >= 11 is 1.75. The number of anilines is 1. The van der Waals surface area contributed by atoms with E-state index in [0.29, 0.717) is 5.69 Å². The Morgan fingerprint density at radius 1 is 1.17 bits per heavy atom. The van der Waals surface area contributed by atoms with Crippen LogP contribution < -0.4 is 15.8 Å². The van der Waals surface area contributed by atoms with Gasteiger partial charge in [-0.2, -0.15) is 0 Å². The molecule has 23 heavy (non-hydrogen) atoms. The van der Waals surface area contributed by atoms with Gasteiger partial charge < -0.3 is 20.9 Å². The van der Waals surface area contributed by atoms with Crippen LogP contribution in [0.25, 0.3) is 11.0 Å². The summed E-state index contributed by atoms with van der Waals surface area (Å²) in [6.07, 6.45) is 2.05. The van der Waals surface area contributed by atoms with Crippen molar-refractivity contribution in [3.05, 3.63) is 47.5 Å². The topological polar surface area (TPSA) is 67.5 Å². The molecule has 0 amide bonds. The molecule has 3 rings (SSSR count). The highest BCUT2D eigenvalue weighted by Crippen LogP contribution is 2.43. The van der Waals surface area contributed by atoms with Crippen LogP contribution in [0.3, 0.4) is 0 Å². The molecule has 0 spiro atoms. The predicted octanol–water partition coefficient (Wildman–Crippen LogP) is 3.92. The molecule has 0 saturated carbocycles. The lowest BCUT2D eigenvalue weighted by Crippen LogP contribution is -2.15. The highest BCUT2D eigenvalue weighted by molar-refractivity contribution is 8.08. The van der Waals surface area contributed by atoms with Gasteiger partial charge >= 0.3 is 0 Å². The number of benzene rings is 2. The number of ether oxygens (including phenoxy) is 1. The molecule has 0 saturated heterocycles. The highest BCUT2D eigenvalue weighted by atomic mass is 32.2. The summed E-state index contributed by atoms with van der Waals surface area (Å²) in [6.45, 7) is 3.99. The number of rotatable bonds is 5. The second kappa shape index (κ2) is 6.98. The van der Waals surface area contributed by atoms with Crippen molar-refractivity contribution in [3.63, 3.8) is 0 Å². The molecule has 4 N–H and O–H groups in total. The van der Waals surface area contributed by atoms with Crippen LogP contribution in [0.1, 0.15) is 18.1 Å². The maximum Gasteiger partial charge on any atom is 0.135 e. The molecule has 4 nitrogen and oxygen atoms in total. The quantitative estimate of drug-likeness (QED) is 0.573. The van der Waals surface area contributed by atoms with E-state index in [0.717, 1.165) is 46.4 Å². The van der Waals surface area contributed by atoms with E-state index >= 15 is 0 Å². The Labute approximate surface area is 140 Å². The summed E-state index contributed by atoms with van der Waals surface area (Å²) in [5.74, 6) is 2.69. The lowest BCUT2D eigenvalue weighted by Gasteiger charge is -2.12. The van der Waals surface area contributed by atoms with Gasteiger partial charge in [0.1, 0.15) is 17.2 Å². The Morgan fingerprint density at radius 3 is 2.83 bits per heavy atom. The van der Waals surface area contributed by atoms with Crippen LogP contribution in [0.5, 0.6) is 17.2 Å². The maximum atomic E-state index is 9.75. The summed E-state index contributed by atoms with van der Waals surface area (Å²) in [7, 11) is 0. The smallest absolute Gasteiger partial charge is 0.135 e. The van der Waals surface area contributed by atoms with Crippen molar-refractivity contribution in [2.75, 3.05) is 24.6 Å². The van der Waals surface area contributed by atoms with Crippen LogP contribution in [0, 0.1) is 0 Å². The van der Waals surface area contributed by atoms with Crippen molar-refractivity contribution < 1.29 is 9.84 Å². The van der Waals surface area contributed by atoms with Crippen molar-refractivity contribution in [1.82, 2.24) is 5.32 Å². The van der Waals surface area contributed by atoms with Gasteiger partial charge in [0.2, 0.25) is 0 Å². The lowest BCUT2D eigenvalue weighted by molar-refractivity contribution is 0.463. The SMILES string of the molecule is CCNCCSC1=Cc2cc(O)ccc2Oc2ccc(N)cc21. The number of hydrogen-bond donors (Lipinski definition) is 3. The molecule has 0 unspecified atom stereocenters. The van der Waals surface area contributed by atoms with E-state index in [1.807, 2.05) is 18.2 Å². The van der Waals surface area contributed by atoms with E-state index < -0.39 is 0 Å². The minimum atomic E-state index is 0.228. The third kappa shape index (κ3) is 3.63. The Morgan fingerprint density at radius 2 is 2.00 bits per heavy atom. The fourth-order valence-corrected chi connectivity index (χ4v) is 3.43. The second-order valence-corrected chi connectivity index (χ2v) is 6.43. The normalized spacial score (nSPS) is 12.7. The average molecular weight is 328 g/mol. The molecule has 5 heteroatoms. The maximum absolute atomic E-state index is 9.75. The van der Waals surface area contributed by atoms with Gasteiger partial charge in [0.25, 0.3) is 0 Å². The Kier molecular flexibility index (Phi) is 4.79. The number of thioether (sulfide) groups is 1. The molecule has 1 aliphatic rings. The van der Waals surface area contributed by atoms with E-state index in [2.05, 4.69) is 18.3 Å². The van der Waals surface area contributed by atoms with Crippen molar-refractivity contribution in [1.29, 1.82) is 0 Å². The van der Waals surface area contributed by atoms with Gasteiger partial charge in [0.15, 0.2) is 0 Å². The molecule has 120 valence electrons. The van der Waals surface area contributed by atoms with E-state index in [1.54, 1.807) is 30.0 Å². The number of phenolic OH excluding ortho intramolecular Hbond substituents is 1. The number of phenols is 1. The first-order chi connectivity index (χ1) is 11.2. The number of nitrogens with one attached hydrogen (secondary N) is 1. The molecule has 0 aromatic heterocycles. The third-order valence-corrected chi connectivity index (χ3v) is 4.61. The van der Waals surface area contributed by atoms with Crippen molar-refractivity contribution in [2.24, 2.45) is 0 Å².